The molecular weight excluding hydrogens is 268 g/mol. The van der Waals surface area contributed by atoms with Crippen LogP contribution >= 0.6 is 0 Å². The van der Waals surface area contributed by atoms with E-state index in [9.17, 15) is 0 Å². The van der Waals surface area contributed by atoms with E-state index in [0.29, 0.717) is 6.04 Å². The largest absolute Gasteiger partial charge is 0.344 e. The molecule has 0 aromatic rings. The number of nitrogens with two attached hydrogens (primary N) is 1. The van der Waals surface area contributed by atoms with Crippen molar-refractivity contribution in [3.05, 3.63) is 0 Å². The Morgan fingerprint density at radius 2 is 1.32 bits per heavy atom. The normalized spacial score (nSPS) is 20.9. The summed E-state index contributed by atoms with van der Waals surface area (Å²) < 4.78 is 0. The van der Waals surface area contributed by atoms with Crippen LogP contribution in [0, 0.1) is 23.7 Å². The summed E-state index contributed by atoms with van der Waals surface area (Å²) in [4.78, 5) is 0. The topological polar surface area (TPSA) is 61.0 Å². The quantitative estimate of drug-likeness (QED) is 0.602. The van der Waals surface area contributed by atoms with Crippen molar-refractivity contribution < 1.29 is 0 Å². The zero-order valence-electron chi connectivity index (χ0n) is 15.9. The summed E-state index contributed by atoms with van der Waals surface area (Å²) >= 11 is 0. The fraction of sp³-hybridized carbons (Fsp3) is 1.00. The van der Waals surface area contributed by atoms with Crippen LogP contribution in [0.25, 0.3) is 0 Å². The van der Waals surface area contributed by atoms with Gasteiger partial charge in [-0.05, 0) is 42.9 Å². The average Bonchev–Trinajstić information content (AvgIpc) is 3.10. The number of rotatable bonds is 6. The summed E-state index contributed by atoms with van der Waals surface area (Å²) in [7, 11) is 0. The van der Waals surface area contributed by atoms with Crippen molar-refractivity contribution in [3.8, 4) is 0 Å². The van der Waals surface area contributed by atoms with Gasteiger partial charge in [0.1, 0.15) is 0 Å². The van der Waals surface area contributed by atoms with Crippen molar-refractivity contribution in [2.45, 2.75) is 104 Å². The highest BCUT2D eigenvalue weighted by Crippen LogP contribution is 2.30. The van der Waals surface area contributed by atoms with Crippen molar-refractivity contribution in [3.63, 3.8) is 0 Å². The molecule has 5 N–H and O–H groups in total. The Bertz CT molecular complexity index is 238. The Labute approximate surface area is 140 Å². The molecule has 2 aliphatic carbocycles. The summed E-state index contributed by atoms with van der Waals surface area (Å²) in [5.74, 6) is 3.63. The first-order valence-electron chi connectivity index (χ1n) is 9.74. The molecule has 2 nitrogen and oxygen atoms in total. The molecule has 2 heteroatoms. The maximum Gasteiger partial charge on any atom is 0.00695 e. The second kappa shape index (κ2) is 12.4. The molecule has 1 atom stereocenters. The minimum absolute atomic E-state index is 0. The first-order chi connectivity index (χ1) is 9.99. The lowest BCUT2D eigenvalue weighted by Crippen LogP contribution is -2.29. The molecule has 2 aliphatic rings. The molecule has 2 fully saturated rings. The third-order valence-electron chi connectivity index (χ3n) is 5.38. The molecule has 134 valence electrons. The molecule has 0 heterocycles. The van der Waals surface area contributed by atoms with E-state index in [4.69, 9.17) is 5.73 Å². The van der Waals surface area contributed by atoms with Gasteiger partial charge in [0.05, 0.1) is 0 Å². The molecule has 0 aromatic carbocycles. The van der Waals surface area contributed by atoms with Crippen LogP contribution in [0.1, 0.15) is 98.3 Å². The second-order valence-corrected chi connectivity index (χ2v) is 8.46. The van der Waals surface area contributed by atoms with Gasteiger partial charge in [0, 0.05) is 6.04 Å². The monoisotopic (exact) mass is 312 g/mol. The second-order valence-electron chi connectivity index (χ2n) is 8.46. The first kappa shape index (κ1) is 21.9. The molecule has 2 rings (SSSR count). The van der Waals surface area contributed by atoms with E-state index in [1.54, 1.807) is 0 Å². The summed E-state index contributed by atoms with van der Waals surface area (Å²) in [5.41, 5.74) is 6.08. The molecule has 0 bridgehead atoms. The van der Waals surface area contributed by atoms with Crippen LogP contribution in [0.2, 0.25) is 0 Å². The zero-order chi connectivity index (χ0) is 15.7. The van der Waals surface area contributed by atoms with Gasteiger partial charge in [-0.3, -0.25) is 0 Å². The molecule has 0 aromatic heterocycles. The van der Waals surface area contributed by atoms with Crippen LogP contribution < -0.4 is 11.9 Å². The summed E-state index contributed by atoms with van der Waals surface area (Å²) in [6, 6.07) is 0.484. The molecule has 0 aliphatic heterocycles. The van der Waals surface area contributed by atoms with E-state index in [-0.39, 0.29) is 6.15 Å². The van der Waals surface area contributed by atoms with E-state index in [2.05, 4.69) is 27.7 Å². The van der Waals surface area contributed by atoms with E-state index in [1.165, 1.54) is 70.6 Å². The summed E-state index contributed by atoms with van der Waals surface area (Å²) in [5, 5.41) is 0. The van der Waals surface area contributed by atoms with Gasteiger partial charge in [-0.2, -0.15) is 0 Å². The Kier molecular flexibility index (Phi) is 12.3. The van der Waals surface area contributed by atoms with E-state index in [0.717, 1.165) is 23.7 Å². The highest BCUT2D eigenvalue weighted by Gasteiger charge is 2.22. The lowest BCUT2D eigenvalue weighted by atomic mass is 9.92. The Balaban J connectivity index is 0.000000385. The van der Waals surface area contributed by atoms with Crippen LogP contribution in [0.5, 0.6) is 0 Å². The maximum atomic E-state index is 6.08. The molecular formula is C20H44N2. The molecule has 0 spiro atoms. The number of hydrogen-bond acceptors (Lipinski definition) is 2. The third-order valence-corrected chi connectivity index (χ3v) is 5.38. The van der Waals surface area contributed by atoms with Gasteiger partial charge in [0.2, 0.25) is 0 Å². The highest BCUT2D eigenvalue weighted by molar-refractivity contribution is 4.78. The fourth-order valence-electron chi connectivity index (χ4n) is 3.99. The van der Waals surface area contributed by atoms with Crippen LogP contribution in [-0.4, -0.2) is 6.04 Å². The van der Waals surface area contributed by atoms with Crippen molar-refractivity contribution >= 4 is 0 Å². The molecule has 0 saturated heterocycles. The van der Waals surface area contributed by atoms with E-state index in [1.807, 2.05) is 0 Å². The van der Waals surface area contributed by atoms with Gasteiger partial charge in [-0.15, -0.1) is 0 Å². The average molecular weight is 313 g/mol. The summed E-state index contributed by atoms with van der Waals surface area (Å²) in [6.45, 7) is 9.17. The lowest BCUT2D eigenvalue weighted by molar-refractivity contribution is 0.368. The highest BCUT2D eigenvalue weighted by atomic mass is 14.7. The van der Waals surface area contributed by atoms with Gasteiger partial charge in [-0.1, -0.05) is 79.1 Å². The molecule has 0 amide bonds. The van der Waals surface area contributed by atoms with Gasteiger partial charge in [-0.25, -0.2) is 0 Å². The van der Waals surface area contributed by atoms with Gasteiger partial charge in [0.25, 0.3) is 0 Å². The van der Waals surface area contributed by atoms with Crippen LogP contribution in [-0.2, 0) is 0 Å². The molecule has 2 saturated carbocycles. The molecule has 22 heavy (non-hydrogen) atoms. The Hall–Kier alpha value is -0.0800. The van der Waals surface area contributed by atoms with Gasteiger partial charge < -0.3 is 11.9 Å². The minimum atomic E-state index is 0. The van der Waals surface area contributed by atoms with Gasteiger partial charge in [0.15, 0.2) is 0 Å². The SMILES string of the molecule is CC(C)CCC1CCCC1.CC(C)C[C@H](N)C1CCCC1.N. The number of hydrogen-bond donors (Lipinski definition) is 2. The van der Waals surface area contributed by atoms with Crippen molar-refractivity contribution in [2.24, 2.45) is 29.4 Å². The lowest BCUT2D eigenvalue weighted by Gasteiger charge is -2.20. The van der Waals surface area contributed by atoms with Crippen molar-refractivity contribution in [1.82, 2.24) is 6.15 Å². The predicted octanol–water partition coefficient (Wildman–Crippen LogP) is 6.32. The van der Waals surface area contributed by atoms with Crippen LogP contribution in [0.15, 0.2) is 0 Å². The Morgan fingerprint density at radius 1 is 0.818 bits per heavy atom. The molecule has 0 unspecified atom stereocenters. The smallest absolute Gasteiger partial charge is 0.00695 e. The standard InChI is InChI=1S/C10H21N.C10H20.H3N/c1-8(2)7-10(11)9-5-3-4-6-9;1-9(2)7-8-10-5-3-4-6-10;/h8-10H,3-7,11H2,1-2H3;9-10H,3-8H2,1-2H3;1H3/t10-;;/m0../s1. The van der Waals surface area contributed by atoms with Crippen molar-refractivity contribution in [2.75, 3.05) is 0 Å². The van der Waals surface area contributed by atoms with E-state index < -0.39 is 0 Å². The zero-order valence-corrected chi connectivity index (χ0v) is 15.9. The summed E-state index contributed by atoms with van der Waals surface area (Å²) in [6.07, 6.45) is 15.8. The first-order valence-corrected chi connectivity index (χ1v) is 9.74. The third kappa shape index (κ3) is 9.84. The fourth-order valence-corrected chi connectivity index (χ4v) is 3.99. The van der Waals surface area contributed by atoms with E-state index >= 15 is 0 Å². The van der Waals surface area contributed by atoms with Crippen molar-refractivity contribution in [1.29, 1.82) is 0 Å². The predicted molar refractivity (Wildman–Crippen MR) is 100 cm³/mol. The Morgan fingerprint density at radius 3 is 1.77 bits per heavy atom. The minimum Gasteiger partial charge on any atom is -0.344 e. The van der Waals surface area contributed by atoms with Crippen LogP contribution in [0.4, 0.5) is 0 Å². The van der Waals surface area contributed by atoms with Crippen LogP contribution in [0.3, 0.4) is 0 Å². The van der Waals surface area contributed by atoms with Gasteiger partial charge >= 0.3 is 0 Å². The molecule has 0 radical (unpaired) electrons. The maximum absolute atomic E-state index is 6.08.